The van der Waals surface area contributed by atoms with Gasteiger partial charge in [-0.2, -0.15) is 0 Å². The van der Waals surface area contributed by atoms with E-state index in [0.717, 1.165) is 43.3 Å². The first-order valence-corrected chi connectivity index (χ1v) is 7.97. The van der Waals surface area contributed by atoms with E-state index in [-0.39, 0.29) is 6.04 Å². The normalized spacial score (nSPS) is 17.6. The van der Waals surface area contributed by atoms with E-state index in [4.69, 9.17) is 15.2 Å². The number of thioether (sulfide) groups is 1. The molecule has 0 aromatic heterocycles. The molecule has 1 aliphatic rings. The smallest absolute Gasteiger partial charge is 0.162 e. The number of hydrogen-bond acceptors (Lipinski definition) is 4. The second-order valence-corrected chi connectivity index (χ2v) is 6.11. The monoisotopic (exact) mass is 281 g/mol. The highest BCUT2D eigenvalue weighted by Gasteiger charge is 2.13. The predicted molar refractivity (Wildman–Crippen MR) is 80.2 cm³/mol. The average molecular weight is 281 g/mol. The fourth-order valence-electron chi connectivity index (χ4n) is 1.89. The quantitative estimate of drug-likeness (QED) is 0.841. The third kappa shape index (κ3) is 4.05. The molecule has 0 saturated heterocycles. The molecule has 2 atom stereocenters. The van der Waals surface area contributed by atoms with Crippen LogP contribution in [0.5, 0.6) is 11.5 Å². The van der Waals surface area contributed by atoms with Crippen LogP contribution in [0, 0.1) is 5.92 Å². The molecule has 106 valence electrons. The van der Waals surface area contributed by atoms with Gasteiger partial charge in [0.25, 0.3) is 0 Å². The van der Waals surface area contributed by atoms with Crippen molar-refractivity contribution in [3.05, 3.63) is 18.2 Å². The number of ether oxygens (including phenoxy) is 2. The van der Waals surface area contributed by atoms with E-state index < -0.39 is 0 Å². The molecule has 2 rings (SSSR count). The van der Waals surface area contributed by atoms with E-state index in [0.29, 0.717) is 5.92 Å². The van der Waals surface area contributed by atoms with Crippen molar-refractivity contribution in [1.29, 1.82) is 0 Å². The van der Waals surface area contributed by atoms with Crippen LogP contribution in [0.15, 0.2) is 23.1 Å². The van der Waals surface area contributed by atoms with Gasteiger partial charge < -0.3 is 15.2 Å². The SMILES string of the molecule is CCC(C)C(N)CSc1ccc2c(c1)OCCCO2. The van der Waals surface area contributed by atoms with Crippen molar-refractivity contribution < 1.29 is 9.47 Å². The summed E-state index contributed by atoms with van der Waals surface area (Å²) < 4.78 is 11.3. The molecule has 0 saturated carbocycles. The average Bonchev–Trinajstić information content (AvgIpc) is 2.68. The summed E-state index contributed by atoms with van der Waals surface area (Å²) in [7, 11) is 0. The Morgan fingerprint density at radius 3 is 2.74 bits per heavy atom. The number of fused-ring (bicyclic) bond motifs is 1. The minimum absolute atomic E-state index is 0.242. The number of nitrogens with two attached hydrogens (primary N) is 1. The van der Waals surface area contributed by atoms with E-state index in [9.17, 15) is 0 Å². The third-order valence-electron chi connectivity index (χ3n) is 3.54. The summed E-state index contributed by atoms with van der Waals surface area (Å²) in [6, 6.07) is 6.39. The molecular formula is C15H23NO2S. The van der Waals surface area contributed by atoms with Crippen molar-refractivity contribution in [2.75, 3.05) is 19.0 Å². The molecule has 1 aromatic carbocycles. The van der Waals surface area contributed by atoms with Crippen molar-refractivity contribution >= 4 is 11.8 Å². The van der Waals surface area contributed by atoms with Crippen LogP contribution in [0.4, 0.5) is 0 Å². The fourth-order valence-corrected chi connectivity index (χ4v) is 2.96. The molecule has 0 spiro atoms. The number of hydrogen-bond donors (Lipinski definition) is 1. The summed E-state index contributed by atoms with van der Waals surface area (Å²) in [5.74, 6) is 3.22. The van der Waals surface area contributed by atoms with Gasteiger partial charge in [0.15, 0.2) is 11.5 Å². The van der Waals surface area contributed by atoms with Crippen molar-refractivity contribution in [2.45, 2.75) is 37.6 Å². The maximum atomic E-state index is 6.16. The Balaban J connectivity index is 1.96. The minimum atomic E-state index is 0.242. The number of benzene rings is 1. The Labute approximate surface area is 119 Å². The van der Waals surface area contributed by atoms with Gasteiger partial charge in [0.2, 0.25) is 0 Å². The van der Waals surface area contributed by atoms with Gasteiger partial charge in [-0.15, -0.1) is 11.8 Å². The molecule has 0 bridgehead atoms. The van der Waals surface area contributed by atoms with E-state index in [1.807, 2.05) is 6.07 Å². The van der Waals surface area contributed by atoms with Gasteiger partial charge in [-0.05, 0) is 24.1 Å². The molecule has 2 unspecified atom stereocenters. The fraction of sp³-hybridized carbons (Fsp3) is 0.600. The molecule has 3 nitrogen and oxygen atoms in total. The van der Waals surface area contributed by atoms with Gasteiger partial charge in [-0.25, -0.2) is 0 Å². The van der Waals surface area contributed by atoms with Crippen LogP contribution in [0.2, 0.25) is 0 Å². The van der Waals surface area contributed by atoms with Gasteiger partial charge in [0, 0.05) is 23.1 Å². The first-order chi connectivity index (χ1) is 9.20. The van der Waals surface area contributed by atoms with Crippen LogP contribution >= 0.6 is 11.8 Å². The zero-order chi connectivity index (χ0) is 13.7. The Morgan fingerprint density at radius 1 is 1.26 bits per heavy atom. The van der Waals surface area contributed by atoms with Crippen molar-refractivity contribution in [3.8, 4) is 11.5 Å². The maximum Gasteiger partial charge on any atom is 0.162 e. The second kappa shape index (κ2) is 7.06. The summed E-state index contributed by atoms with van der Waals surface area (Å²) in [4.78, 5) is 1.20. The lowest BCUT2D eigenvalue weighted by Crippen LogP contribution is -2.30. The highest BCUT2D eigenvalue weighted by Crippen LogP contribution is 2.34. The lowest BCUT2D eigenvalue weighted by Gasteiger charge is -2.18. The zero-order valence-electron chi connectivity index (χ0n) is 11.7. The standard InChI is InChI=1S/C15H23NO2S/c1-3-11(2)13(16)10-19-12-5-6-14-15(9-12)18-8-4-7-17-14/h5-6,9,11,13H,3-4,7-8,10,16H2,1-2H3. The molecule has 1 aromatic rings. The highest BCUT2D eigenvalue weighted by atomic mass is 32.2. The molecule has 0 fully saturated rings. The molecule has 0 aliphatic carbocycles. The van der Waals surface area contributed by atoms with Crippen molar-refractivity contribution in [3.63, 3.8) is 0 Å². The van der Waals surface area contributed by atoms with Crippen LogP contribution in [0.1, 0.15) is 26.7 Å². The van der Waals surface area contributed by atoms with Crippen LogP contribution in [-0.4, -0.2) is 25.0 Å². The van der Waals surface area contributed by atoms with Gasteiger partial charge in [0.1, 0.15) is 0 Å². The summed E-state index contributed by atoms with van der Waals surface area (Å²) in [6.45, 7) is 5.86. The first-order valence-electron chi connectivity index (χ1n) is 6.98. The molecule has 4 heteroatoms. The highest BCUT2D eigenvalue weighted by molar-refractivity contribution is 7.99. The van der Waals surface area contributed by atoms with Crippen molar-refractivity contribution in [2.24, 2.45) is 11.7 Å². The lowest BCUT2D eigenvalue weighted by molar-refractivity contribution is 0.297. The van der Waals surface area contributed by atoms with Gasteiger partial charge in [-0.1, -0.05) is 20.3 Å². The third-order valence-corrected chi connectivity index (χ3v) is 4.68. The molecule has 0 radical (unpaired) electrons. The lowest BCUT2D eigenvalue weighted by atomic mass is 10.0. The summed E-state index contributed by atoms with van der Waals surface area (Å²) in [6.07, 6.45) is 2.07. The molecular weight excluding hydrogens is 258 g/mol. The van der Waals surface area contributed by atoms with Crippen LogP contribution in [0.25, 0.3) is 0 Å². The van der Waals surface area contributed by atoms with Crippen LogP contribution < -0.4 is 15.2 Å². The van der Waals surface area contributed by atoms with Crippen molar-refractivity contribution in [1.82, 2.24) is 0 Å². The largest absolute Gasteiger partial charge is 0.490 e. The van der Waals surface area contributed by atoms with E-state index in [1.54, 1.807) is 11.8 Å². The van der Waals surface area contributed by atoms with Crippen LogP contribution in [-0.2, 0) is 0 Å². The topological polar surface area (TPSA) is 44.5 Å². The van der Waals surface area contributed by atoms with E-state index in [1.165, 1.54) is 4.90 Å². The molecule has 19 heavy (non-hydrogen) atoms. The Bertz CT molecular complexity index is 411. The predicted octanol–water partition coefficient (Wildman–Crippen LogP) is 3.31. The van der Waals surface area contributed by atoms with Gasteiger partial charge >= 0.3 is 0 Å². The van der Waals surface area contributed by atoms with E-state index >= 15 is 0 Å². The second-order valence-electron chi connectivity index (χ2n) is 5.02. The Kier molecular flexibility index (Phi) is 5.40. The number of rotatable bonds is 5. The summed E-state index contributed by atoms with van der Waals surface area (Å²) in [5.41, 5.74) is 6.16. The molecule has 0 amide bonds. The molecule has 1 aliphatic heterocycles. The van der Waals surface area contributed by atoms with Gasteiger partial charge in [0.05, 0.1) is 13.2 Å². The Hall–Kier alpha value is -0.870. The first kappa shape index (κ1) is 14.5. The van der Waals surface area contributed by atoms with Crippen LogP contribution in [0.3, 0.4) is 0 Å². The molecule has 1 heterocycles. The van der Waals surface area contributed by atoms with Gasteiger partial charge in [-0.3, -0.25) is 0 Å². The molecule has 2 N–H and O–H groups in total. The summed E-state index contributed by atoms with van der Waals surface area (Å²) in [5, 5.41) is 0. The Morgan fingerprint density at radius 2 is 2.00 bits per heavy atom. The van der Waals surface area contributed by atoms with E-state index in [2.05, 4.69) is 26.0 Å². The zero-order valence-corrected chi connectivity index (χ0v) is 12.5. The maximum absolute atomic E-state index is 6.16. The summed E-state index contributed by atoms with van der Waals surface area (Å²) >= 11 is 1.79. The minimum Gasteiger partial charge on any atom is -0.490 e.